The summed E-state index contributed by atoms with van der Waals surface area (Å²) >= 11 is 3.06. The molecule has 1 heterocycles. The van der Waals surface area contributed by atoms with Gasteiger partial charge in [-0.3, -0.25) is 0 Å². The molecule has 1 aromatic carbocycles. The maximum atomic E-state index is 13.3. The van der Waals surface area contributed by atoms with Gasteiger partial charge in [0.1, 0.15) is 11.6 Å². The van der Waals surface area contributed by atoms with Crippen LogP contribution in [0.15, 0.2) is 16.6 Å². The first-order valence-corrected chi connectivity index (χ1v) is 6.33. The van der Waals surface area contributed by atoms with Crippen molar-refractivity contribution in [2.24, 2.45) is 5.92 Å². The van der Waals surface area contributed by atoms with Crippen molar-refractivity contribution < 1.29 is 9.50 Å². The second-order valence-electron chi connectivity index (χ2n) is 4.31. The van der Waals surface area contributed by atoms with Crippen LogP contribution in [-0.4, -0.2) is 18.2 Å². The molecule has 1 aromatic rings. The number of piperidine rings is 1. The third kappa shape index (κ3) is 2.74. The highest BCUT2D eigenvalue weighted by atomic mass is 79.9. The molecule has 88 valence electrons. The number of aromatic hydroxyl groups is 1. The first-order chi connectivity index (χ1) is 7.66. The van der Waals surface area contributed by atoms with E-state index in [1.807, 2.05) is 0 Å². The number of rotatable bonds is 2. The Morgan fingerprint density at radius 3 is 3.00 bits per heavy atom. The van der Waals surface area contributed by atoms with Crippen LogP contribution in [-0.2, 0) is 6.42 Å². The minimum atomic E-state index is -0.309. The van der Waals surface area contributed by atoms with Gasteiger partial charge in [-0.25, -0.2) is 4.39 Å². The van der Waals surface area contributed by atoms with Gasteiger partial charge in [-0.15, -0.1) is 0 Å². The molecule has 0 spiro atoms. The van der Waals surface area contributed by atoms with Crippen LogP contribution >= 0.6 is 15.9 Å². The zero-order valence-corrected chi connectivity index (χ0v) is 10.6. The maximum absolute atomic E-state index is 13.3. The van der Waals surface area contributed by atoms with Crippen LogP contribution in [0.5, 0.6) is 5.75 Å². The molecule has 1 aliphatic heterocycles. The second-order valence-corrected chi connectivity index (χ2v) is 5.17. The summed E-state index contributed by atoms with van der Waals surface area (Å²) in [6, 6.07) is 2.86. The lowest BCUT2D eigenvalue weighted by Gasteiger charge is -2.23. The Morgan fingerprint density at radius 1 is 1.50 bits per heavy atom. The molecule has 4 heteroatoms. The van der Waals surface area contributed by atoms with E-state index in [0.29, 0.717) is 16.0 Å². The fourth-order valence-corrected chi connectivity index (χ4v) is 2.48. The number of phenols is 1. The van der Waals surface area contributed by atoms with Crippen molar-refractivity contribution in [3.05, 3.63) is 28.0 Å². The van der Waals surface area contributed by atoms with E-state index in [0.717, 1.165) is 32.4 Å². The Labute approximate surface area is 103 Å². The summed E-state index contributed by atoms with van der Waals surface area (Å²) in [7, 11) is 0. The highest BCUT2D eigenvalue weighted by Gasteiger charge is 2.16. The molecule has 2 rings (SSSR count). The topological polar surface area (TPSA) is 32.3 Å². The zero-order chi connectivity index (χ0) is 11.5. The van der Waals surface area contributed by atoms with Crippen LogP contribution in [0.2, 0.25) is 0 Å². The summed E-state index contributed by atoms with van der Waals surface area (Å²) in [5.41, 5.74) is 0.703. The van der Waals surface area contributed by atoms with Gasteiger partial charge in [0.05, 0.1) is 4.47 Å². The number of hydrogen-bond acceptors (Lipinski definition) is 2. The minimum Gasteiger partial charge on any atom is -0.508 e. The standard InChI is InChI=1S/C12H15BrFNO/c13-10-6-12(16)9(5-11(10)14)4-8-2-1-3-15-7-8/h5-6,8,15-16H,1-4,7H2. The Morgan fingerprint density at radius 2 is 2.31 bits per heavy atom. The van der Waals surface area contributed by atoms with E-state index in [9.17, 15) is 9.50 Å². The van der Waals surface area contributed by atoms with E-state index in [-0.39, 0.29) is 11.6 Å². The average molecular weight is 288 g/mol. The number of nitrogens with one attached hydrogen (secondary N) is 1. The SMILES string of the molecule is Oc1cc(Br)c(F)cc1CC1CCCNC1. The second kappa shape index (κ2) is 5.15. The lowest BCUT2D eigenvalue weighted by atomic mass is 9.92. The molecule has 1 fully saturated rings. The number of benzene rings is 1. The molecule has 0 bridgehead atoms. The minimum absolute atomic E-state index is 0.179. The van der Waals surface area contributed by atoms with Gasteiger partial charge in [0.2, 0.25) is 0 Å². The van der Waals surface area contributed by atoms with Gasteiger partial charge in [0, 0.05) is 0 Å². The summed E-state index contributed by atoms with van der Waals surface area (Å²) < 4.78 is 13.7. The quantitative estimate of drug-likeness (QED) is 0.877. The van der Waals surface area contributed by atoms with Gasteiger partial charge >= 0.3 is 0 Å². The first-order valence-electron chi connectivity index (χ1n) is 5.54. The summed E-state index contributed by atoms with van der Waals surface area (Å²) in [5, 5.41) is 13.0. The Hall–Kier alpha value is -0.610. The molecule has 0 aromatic heterocycles. The summed E-state index contributed by atoms with van der Waals surface area (Å²) in [6.45, 7) is 2.02. The fourth-order valence-electron chi connectivity index (χ4n) is 2.15. The van der Waals surface area contributed by atoms with Crippen LogP contribution in [0, 0.1) is 11.7 Å². The molecule has 1 unspecified atom stereocenters. The number of phenolic OH excluding ortho intramolecular Hbond substituents is 1. The third-order valence-electron chi connectivity index (χ3n) is 3.03. The van der Waals surface area contributed by atoms with Crippen molar-refractivity contribution in [1.29, 1.82) is 0 Å². The molecule has 0 radical (unpaired) electrons. The highest BCUT2D eigenvalue weighted by molar-refractivity contribution is 9.10. The van der Waals surface area contributed by atoms with E-state index < -0.39 is 0 Å². The van der Waals surface area contributed by atoms with Crippen LogP contribution in [0.4, 0.5) is 4.39 Å². The van der Waals surface area contributed by atoms with Crippen molar-refractivity contribution in [2.45, 2.75) is 19.3 Å². The Kier molecular flexibility index (Phi) is 3.82. The molecule has 1 saturated heterocycles. The highest BCUT2D eigenvalue weighted by Crippen LogP contribution is 2.28. The van der Waals surface area contributed by atoms with Crippen molar-refractivity contribution >= 4 is 15.9 Å². The van der Waals surface area contributed by atoms with Crippen LogP contribution in [0.1, 0.15) is 18.4 Å². The van der Waals surface area contributed by atoms with E-state index >= 15 is 0 Å². The van der Waals surface area contributed by atoms with Gasteiger partial charge in [-0.1, -0.05) is 0 Å². The lowest BCUT2D eigenvalue weighted by Crippen LogP contribution is -2.30. The van der Waals surface area contributed by atoms with Crippen molar-refractivity contribution in [3.8, 4) is 5.75 Å². The molecule has 0 amide bonds. The van der Waals surface area contributed by atoms with E-state index in [4.69, 9.17) is 0 Å². The van der Waals surface area contributed by atoms with Gasteiger partial charge in [0.25, 0.3) is 0 Å². The Bertz CT molecular complexity index is 378. The molecule has 16 heavy (non-hydrogen) atoms. The monoisotopic (exact) mass is 287 g/mol. The third-order valence-corrected chi connectivity index (χ3v) is 3.64. The number of hydrogen-bond donors (Lipinski definition) is 2. The number of halogens is 2. The summed E-state index contributed by atoms with van der Waals surface area (Å²) in [4.78, 5) is 0. The van der Waals surface area contributed by atoms with Gasteiger partial charge in [-0.2, -0.15) is 0 Å². The van der Waals surface area contributed by atoms with Crippen molar-refractivity contribution in [3.63, 3.8) is 0 Å². The molecule has 1 aliphatic rings. The van der Waals surface area contributed by atoms with E-state index in [1.54, 1.807) is 0 Å². The van der Waals surface area contributed by atoms with E-state index in [2.05, 4.69) is 21.2 Å². The molecule has 0 aliphatic carbocycles. The lowest BCUT2D eigenvalue weighted by molar-refractivity contribution is 0.369. The smallest absolute Gasteiger partial charge is 0.137 e. The molecular weight excluding hydrogens is 273 g/mol. The summed E-state index contributed by atoms with van der Waals surface area (Å²) in [5.74, 6) is 0.371. The van der Waals surface area contributed by atoms with Gasteiger partial charge in [-0.05, 0) is 71.9 Å². The molecule has 1 atom stereocenters. The fraction of sp³-hybridized carbons (Fsp3) is 0.500. The molecule has 0 saturated carbocycles. The predicted octanol–water partition coefficient (Wildman–Crippen LogP) is 2.84. The van der Waals surface area contributed by atoms with Crippen LogP contribution in [0.3, 0.4) is 0 Å². The molecular formula is C12H15BrFNO. The average Bonchev–Trinajstić information content (AvgIpc) is 2.27. The van der Waals surface area contributed by atoms with Crippen LogP contribution < -0.4 is 5.32 Å². The largest absolute Gasteiger partial charge is 0.508 e. The zero-order valence-electron chi connectivity index (χ0n) is 8.97. The molecule has 2 nitrogen and oxygen atoms in total. The van der Waals surface area contributed by atoms with Crippen molar-refractivity contribution in [2.75, 3.05) is 13.1 Å². The summed E-state index contributed by atoms with van der Waals surface area (Å²) in [6.07, 6.45) is 3.04. The molecule has 2 N–H and O–H groups in total. The van der Waals surface area contributed by atoms with Gasteiger partial charge < -0.3 is 10.4 Å². The van der Waals surface area contributed by atoms with Gasteiger partial charge in [0.15, 0.2) is 0 Å². The normalized spacial score (nSPS) is 21.0. The Balaban J connectivity index is 2.11. The van der Waals surface area contributed by atoms with Crippen LogP contribution in [0.25, 0.3) is 0 Å². The van der Waals surface area contributed by atoms with Crippen molar-refractivity contribution in [1.82, 2.24) is 5.32 Å². The predicted molar refractivity (Wildman–Crippen MR) is 65.1 cm³/mol. The first kappa shape index (κ1) is 11.9. The maximum Gasteiger partial charge on any atom is 0.137 e. The van der Waals surface area contributed by atoms with E-state index in [1.165, 1.54) is 12.1 Å².